The van der Waals surface area contributed by atoms with E-state index >= 15 is 0 Å². The van der Waals surface area contributed by atoms with E-state index in [1.165, 1.54) is 0 Å². The monoisotopic (exact) mass is 379 g/mol. The first-order valence-electron chi connectivity index (χ1n) is 8.88. The number of aromatic nitrogens is 2. The number of nitrogens with zero attached hydrogens (tertiary/aromatic N) is 2. The molecule has 3 aromatic rings. The lowest BCUT2D eigenvalue weighted by Crippen LogP contribution is -2.18. The number of hydrogen-bond donors (Lipinski definition) is 1. The van der Waals surface area contributed by atoms with E-state index in [1.807, 2.05) is 62.4 Å². The van der Waals surface area contributed by atoms with Crippen LogP contribution in [0, 0.1) is 13.8 Å². The number of aryl methyl sites for hydroxylation is 2. The van der Waals surface area contributed by atoms with Gasteiger partial charge in [-0.3, -0.25) is 9.00 Å². The quantitative estimate of drug-likeness (QED) is 0.755. The normalized spacial score (nSPS) is 15.6. The molecule has 0 bridgehead atoms. The van der Waals surface area contributed by atoms with Crippen molar-refractivity contribution in [3.63, 3.8) is 0 Å². The van der Waals surface area contributed by atoms with Crippen LogP contribution in [0.3, 0.4) is 0 Å². The van der Waals surface area contributed by atoms with Crippen molar-refractivity contribution in [2.24, 2.45) is 0 Å². The maximum Gasteiger partial charge on any atom is 0.229 e. The number of fused-ring (bicyclic) bond motifs is 1. The molecule has 0 saturated carbocycles. The number of hydrogen-bond acceptors (Lipinski definition) is 3. The Labute approximate surface area is 160 Å². The molecule has 138 valence electrons. The van der Waals surface area contributed by atoms with Crippen molar-refractivity contribution in [2.75, 3.05) is 5.32 Å². The van der Waals surface area contributed by atoms with Crippen LogP contribution in [0.2, 0.25) is 0 Å². The molecule has 4 rings (SSSR count). The standard InChI is InChI=1S/C21H21N3O2S/c1-14-6-8-17(9-7-14)24-21(18-12-27(26)13-19(18)23-24)22-20(25)11-16-5-3-4-15(2)10-16/h3-10H,11-13H2,1-2H3,(H,22,25). The van der Waals surface area contributed by atoms with Gasteiger partial charge in [0.15, 0.2) is 0 Å². The fourth-order valence-electron chi connectivity index (χ4n) is 3.31. The minimum atomic E-state index is -0.950. The highest BCUT2D eigenvalue weighted by Crippen LogP contribution is 2.31. The van der Waals surface area contributed by atoms with Gasteiger partial charge in [0, 0.05) is 16.4 Å². The zero-order valence-electron chi connectivity index (χ0n) is 15.4. The molecule has 2 aromatic carbocycles. The SMILES string of the molecule is Cc1ccc(-n2nc3c(c2NC(=O)Cc2cccc(C)c2)CS(=O)C3)cc1. The van der Waals surface area contributed by atoms with E-state index in [4.69, 9.17) is 0 Å². The van der Waals surface area contributed by atoms with Crippen LogP contribution >= 0.6 is 0 Å². The highest BCUT2D eigenvalue weighted by molar-refractivity contribution is 7.83. The zero-order valence-corrected chi connectivity index (χ0v) is 16.2. The molecule has 1 aromatic heterocycles. The third kappa shape index (κ3) is 3.71. The van der Waals surface area contributed by atoms with Crippen molar-refractivity contribution in [1.82, 2.24) is 9.78 Å². The molecule has 1 N–H and O–H groups in total. The molecule has 0 radical (unpaired) electrons. The molecule has 0 spiro atoms. The lowest BCUT2D eigenvalue weighted by atomic mass is 10.1. The average molecular weight is 379 g/mol. The zero-order chi connectivity index (χ0) is 19.0. The summed E-state index contributed by atoms with van der Waals surface area (Å²) in [5.41, 5.74) is 5.82. The van der Waals surface area contributed by atoms with Gasteiger partial charge in [-0.15, -0.1) is 0 Å². The van der Waals surface area contributed by atoms with Gasteiger partial charge in [-0.2, -0.15) is 5.10 Å². The van der Waals surface area contributed by atoms with Crippen LogP contribution in [0.4, 0.5) is 5.82 Å². The minimum Gasteiger partial charge on any atom is -0.310 e. The Kier molecular flexibility index (Phi) is 4.66. The largest absolute Gasteiger partial charge is 0.310 e. The molecular formula is C21H21N3O2S. The molecule has 27 heavy (non-hydrogen) atoms. The molecule has 0 saturated heterocycles. The minimum absolute atomic E-state index is 0.102. The number of carbonyl (C=O) groups excluding carboxylic acids is 1. The van der Waals surface area contributed by atoms with Crippen molar-refractivity contribution < 1.29 is 9.00 Å². The summed E-state index contributed by atoms with van der Waals surface area (Å²) in [5, 5.41) is 7.64. The third-order valence-corrected chi connectivity index (χ3v) is 5.86. The average Bonchev–Trinajstić information content (AvgIpc) is 3.13. The summed E-state index contributed by atoms with van der Waals surface area (Å²) in [7, 11) is -0.950. The fourth-order valence-corrected chi connectivity index (χ4v) is 4.58. The van der Waals surface area contributed by atoms with Gasteiger partial charge in [0.1, 0.15) is 5.82 Å². The van der Waals surface area contributed by atoms with Gasteiger partial charge >= 0.3 is 0 Å². The lowest BCUT2D eigenvalue weighted by molar-refractivity contribution is -0.115. The Morgan fingerprint density at radius 2 is 1.89 bits per heavy atom. The number of anilines is 1. The predicted molar refractivity (Wildman–Crippen MR) is 107 cm³/mol. The fraction of sp³-hybridized carbons (Fsp3) is 0.238. The Morgan fingerprint density at radius 1 is 1.11 bits per heavy atom. The molecule has 6 heteroatoms. The summed E-state index contributed by atoms with van der Waals surface area (Å²) < 4.78 is 13.7. The molecule has 0 fully saturated rings. The van der Waals surface area contributed by atoms with Gasteiger partial charge < -0.3 is 5.32 Å². The van der Waals surface area contributed by atoms with Crippen molar-refractivity contribution in [3.05, 3.63) is 76.5 Å². The summed E-state index contributed by atoms with van der Waals surface area (Å²) in [4.78, 5) is 12.7. The van der Waals surface area contributed by atoms with E-state index < -0.39 is 10.8 Å². The van der Waals surface area contributed by atoms with E-state index in [9.17, 15) is 9.00 Å². The van der Waals surface area contributed by atoms with Gasteiger partial charge in [-0.05, 0) is 31.5 Å². The van der Waals surface area contributed by atoms with Gasteiger partial charge in [0.25, 0.3) is 0 Å². The maximum absolute atomic E-state index is 12.7. The molecule has 1 amide bonds. The molecule has 1 atom stereocenters. The second-order valence-electron chi connectivity index (χ2n) is 6.96. The number of carbonyl (C=O) groups is 1. The van der Waals surface area contributed by atoms with Crippen LogP contribution in [-0.2, 0) is 33.5 Å². The summed E-state index contributed by atoms with van der Waals surface area (Å²) in [6.07, 6.45) is 0.290. The predicted octanol–water partition coefficient (Wildman–Crippen LogP) is 3.43. The summed E-state index contributed by atoms with van der Waals surface area (Å²) in [5.74, 6) is 1.41. The highest BCUT2D eigenvalue weighted by Gasteiger charge is 2.28. The Bertz CT molecular complexity index is 1040. The van der Waals surface area contributed by atoms with E-state index in [0.29, 0.717) is 23.7 Å². The second kappa shape index (κ2) is 7.12. The first-order chi connectivity index (χ1) is 13.0. The summed E-state index contributed by atoms with van der Waals surface area (Å²) in [6.45, 7) is 4.04. The van der Waals surface area contributed by atoms with E-state index in [-0.39, 0.29) is 5.91 Å². The smallest absolute Gasteiger partial charge is 0.229 e. The Balaban J connectivity index is 1.65. The van der Waals surface area contributed by atoms with Crippen molar-refractivity contribution in [1.29, 1.82) is 0 Å². The summed E-state index contributed by atoms with van der Waals surface area (Å²) >= 11 is 0. The first kappa shape index (κ1) is 17.7. The third-order valence-electron chi connectivity index (χ3n) is 4.65. The van der Waals surface area contributed by atoms with Gasteiger partial charge in [-0.1, -0.05) is 47.5 Å². The highest BCUT2D eigenvalue weighted by atomic mass is 32.2. The van der Waals surface area contributed by atoms with Crippen molar-refractivity contribution in [2.45, 2.75) is 31.8 Å². The van der Waals surface area contributed by atoms with Gasteiger partial charge in [0.2, 0.25) is 5.91 Å². The van der Waals surface area contributed by atoms with E-state index in [1.54, 1.807) is 4.68 Å². The van der Waals surface area contributed by atoms with E-state index in [2.05, 4.69) is 10.4 Å². The number of benzene rings is 2. The molecule has 5 nitrogen and oxygen atoms in total. The topological polar surface area (TPSA) is 64.0 Å². The van der Waals surface area contributed by atoms with Gasteiger partial charge in [-0.25, -0.2) is 4.68 Å². The lowest BCUT2D eigenvalue weighted by Gasteiger charge is -2.11. The van der Waals surface area contributed by atoms with Crippen LogP contribution in [0.25, 0.3) is 5.69 Å². The Hall–Kier alpha value is -2.73. The molecular weight excluding hydrogens is 358 g/mol. The maximum atomic E-state index is 12.7. The molecule has 2 heterocycles. The number of nitrogens with one attached hydrogen (secondary N) is 1. The van der Waals surface area contributed by atoms with Crippen LogP contribution in [0.15, 0.2) is 48.5 Å². The van der Waals surface area contributed by atoms with E-state index in [0.717, 1.165) is 33.6 Å². The van der Waals surface area contributed by atoms with Crippen molar-refractivity contribution >= 4 is 22.5 Å². The van der Waals surface area contributed by atoms with Crippen LogP contribution in [0.5, 0.6) is 0 Å². The molecule has 1 aliphatic heterocycles. The van der Waals surface area contributed by atoms with Crippen molar-refractivity contribution in [3.8, 4) is 5.69 Å². The molecule has 0 aliphatic carbocycles. The molecule has 1 aliphatic rings. The van der Waals surface area contributed by atoms with Crippen LogP contribution < -0.4 is 5.32 Å². The van der Waals surface area contributed by atoms with Crippen LogP contribution in [-0.4, -0.2) is 19.9 Å². The van der Waals surface area contributed by atoms with Crippen LogP contribution in [0.1, 0.15) is 27.9 Å². The summed E-state index contributed by atoms with van der Waals surface area (Å²) in [6, 6.07) is 15.9. The first-order valence-corrected chi connectivity index (χ1v) is 10.4. The molecule has 1 unspecified atom stereocenters. The van der Waals surface area contributed by atoms with Gasteiger partial charge in [0.05, 0.1) is 29.3 Å². The number of amides is 1. The number of rotatable bonds is 4. The second-order valence-corrected chi connectivity index (χ2v) is 8.42. The Morgan fingerprint density at radius 3 is 2.63 bits per heavy atom.